The number of piperazine rings is 1. The number of ether oxygens (including phenoxy) is 1. The molecule has 6 heteroatoms. The summed E-state index contributed by atoms with van der Waals surface area (Å²) in [7, 11) is 1.40. The molecule has 4 nitrogen and oxygen atoms in total. The molecule has 0 unspecified atom stereocenters. The Hall–Kier alpha value is -2.27. The molecule has 0 bridgehead atoms. The highest BCUT2D eigenvalue weighted by Gasteiger charge is 2.23. The summed E-state index contributed by atoms with van der Waals surface area (Å²) in [6.07, 6.45) is 0. The Bertz CT molecular complexity index is 789. The molecule has 132 valence electrons. The van der Waals surface area contributed by atoms with E-state index in [1.165, 1.54) is 19.2 Å². The number of rotatable bonds is 3. The molecule has 0 spiro atoms. The zero-order valence-electron chi connectivity index (χ0n) is 14.3. The molecule has 0 saturated carbocycles. The molecule has 2 aromatic carbocycles. The summed E-state index contributed by atoms with van der Waals surface area (Å²) in [5.41, 5.74) is 2.59. The lowest BCUT2D eigenvalue weighted by molar-refractivity contribution is 0.0746. The highest BCUT2D eigenvalue weighted by molar-refractivity contribution is 6.30. The Morgan fingerprint density at radius 3 is 2.48 bits per heavy atom. The molecule has 1 fully saturated rings. The predicted molar refractivity (Wildman–Crippen MR) is 97.3 cm³/mol. The van der Waals surface area contributed by atoms with Crippen molar-refractivity contribution in [3.05, 3.63) is 58.4 Å². The molecule has 25 heavy (non-hydrogen) atoms. The van der Waals surface area contributed by atoms with Gasteiger partial charge in [-0.1, -0.05) is 17.7 Å². The van der Waals surface area contributed by atoms with Crippen LogP contribution in [0, 0.1) is 12.7 Å². The number of methoxy groups -OCH3 is 1. The van der Waals surface area contributed by atoms with Crippen LogP contribution in [0.5, 0.6) is 5.75 Å². The molecule has 1 saturated heterocycles. The summed E-state index contributed by atoms with van der Waals surface area (Å²) in [6, 6.07) is 10.1. The largest absolute Gasteiger partial charge is 0.494 e. The molecular weight excluding hydrogens is 343 g/mol. The normalized spacial score (nSPS) is 14.6. The molecule has 0 N–H and O–H groups in total. The lowest BCUT2D eigenvalue weighted by Gasteiger charge is -2.37. The third kappa shape index (κ3) is 3.71. The highest BCUT2D eigenvalue weighted by Crippen LogP contribution is 2.26. The zero-order chi connectivity index (χ0) is 18.0. The number of amides is 1. The van der Waals surface area contributed by atoms with E-state index in [9.17, 15) is 9.18 Å². The predicted octanol–water partition coefficient (Wildman–Crippen LogP) is 3.76. The van der Waals surface area contributed by atoms with E-state index >= 15 is 0 Å². The third-order valence-electron chi connectivity index (χ3n) is 4.48. The van der Waals surface area contributed by atoms with Gasteiger partial charge in [-0.05, 0) is 42.8 Å². The molecule has 0 radical (unpaired) electrons. The number of hydrogen-bond acceptors (Lipinski definition) is 3. The quantitative estimate of drug-likeness (QED) is 0.833. The smallest absolute Gasteiger partial charge is 0.254 e. The monoisotopic (exact) mass is 362 g/mol. The molecule has 3 rings (SSSR count). The third-order valence-corrected chi connectivity index (χ3v) is 4.71. The van der Waals surface area contributed by atoms with Gasteiger partial charge >= 0.3 is 0 Å². The summed E-state index contributed by atoms with van der Waals surface area (Å²) >= 11 is 6.10. The summed E-state index contributed by atoms with van der Waals surface area (Å²) in [5, 5.41) is 0.702. The number of benzene rings is 2. The van der Waals surface area contributed by atoms with Gasteiger partial charge in [0, 0.05) is 42.5 Å². The first-order valence-corrected chi connectivity index (χ1v) is 8.51. The molecule has 0 aliphatic carbocycles. The first-order chi connectivity index (χ1) is 12.0. The van der Waals surface area contributed by atoms with Gasteiger partial charge in [0.2, 0.25) is 0 Å². The zero-order valence-corrected chi connectivity index (χ0v) is 15.0. The summed E-state index contributed by atoms with van der Waals surface area (Å²) in [5.74, 6) is -0.552. The fraction of sp³-hybridized carbons (Fsp3) is 0.316. The molecule has 0 aromatic heterocycles. The van der Waals surface area contributed by atoms with E-state index in [0.717, 1.165) is 11.3 Å². The van der Waals surface area contributed by atoms with Crippen molar-refractivity contribution in [2.24, 2.45) is 0 Å². The maximum atomic E-state index is 13.8. The number of nitrogens with zero attached hydrogens (tertiary/aromatic N) is 2. The second-order valence-corrected chi connectivity index (χ2v) is 6.50. The molecule has 0 atom stereocenters. The standard InChI is InChI=1S/C19H20ClFN2O2/c1-13-3-5-15(20)12-17(13)22-7-9-23(10-8-22)19(24)14-4-6-18(25-2)16(21)11-14/h3-6,11-12H,7-10H2,1-2H3. The Labute approximate surface area is 151 Å². The fourth-order valence-corrected chi connectivity index (χ4v) is 3.22. The highest BCUT2D eigenvalue weighted by atomic mass is 35.5. The lowest BCUT2D eigenvalue weighted by Crippen LogP contribution is -2.49. The van der Waals surface area contributed by atoms with Crippen LogP contribution in [-0.4, -0.2) is 44.1 Å². The van der Waals surface area contributed by atoms with Crippen molar-refractivity contribution >= 4 is 23.2 Å². The van der Waals surface area contributed by atoms with Gasteiger partial charge in [0.05, 0.1) is 7.11 Å². The van der Waals surface area contributed by atoms with Crippen LogP contribution in [0.4, 0.5) is 10.1 Å². The topological polar surface area (TPSA) is 32.8 Å². The maximum absolute atomic E-state index is 13.8. The minimum absolute atomic E-state index is 0.137. The van der Waals surface area contributed by atoms with Crippen molar-refractivity contribution in [1.82, 2.24) is 4.90 Å². The van der Waals surface area contributed by atoms with Crippen LogP contribution >= 0.6 is 11.6 Å². The second kappa shape index (κ2) is 7.31. The second-order valence-electron chi connectivity index (χ2n) is 6.06. The van der Waals surface area contributed by atoms with Gasteiger partial charge in [0.1, 0.15) is 0 Å². The van der Waals surface area contributed by atoms with Crippen molar-refractivity contribution in [3.63, 3.8) is 0 Å². The number of halogens is 2. The van der Waals surface area contributed by atoms with E-state index < -0.39 is 5.82 Å². The van der Waals surface area contributed by atoms with Gasteiger partial charge < -0.3 is 14.5 Å². The lowest BCUT2D eigenvalue weighted by atomic mass is 10.1. The summed E-state index contributed by atoms with van der Waals surface area (Å²) in [4.78, 5) is 16.6. The molecule has 1 heterocycles. The van der Waals surface area contributed by atoms with E-state index in [4.69, 9.17) is 16.3 Å². The van der Waals surface area contributed by atoms with Crippen molar-refractivity contribution in [3.8, 4) is 5.75 Å². The number of carbonyl (C=O) groups excluding carboxylic acids is 1. The van der Waals surface area contributed by atoms with Crippen LogP contribution in [0.3, 0.4) is 0 Å². The number of aryl methyl sites for hydroxylation is 1. The van der Waals surface area contributed by atoms with Crippen LogP contribution in [-0.2, 0) is 0 Å². The number of hydrogen-bond donors (Lipinski definition) is 0. The van der Waals surface area contributed by atoms with E-state index in [1.54, 1.807) is 11.0 Å². The Kier molecular flexibility index (Phi) is 5.13. The Balaban J connectivity index is 1.68. The molecule has 1 aliphatic rings. The van der Waals surface area contributed by atoms with Crippen LogP contribution in [0.2, 0.25) is 5.02 Å². The Morgan fingerprint density at radius 1 is 1.12 bits per heavy atom. The van der Waals surface area contributed by atoms with Gasteiger partial charge in [0.15, 0.2) is 11.6 Å². The number of anilines is 1. The van der Waals surface area contributed by atoms with Crippen molar-refractivity contribution in [1.29, 1.82) is 0 Å². The summed E-state index contributed by atoms with van der Waals surface area (Å²) in [6.45, 7) is 4.64. The van der Waals surface area contributed by atoms with Gasteiger partial charge in [-0.15, -0.1) is 0 Å². The minimum atomic E-state index is -0.526. The van der Waals surface area contributed by atoms with Crippen LogP contribution in [0.25, 0.3) is 0 Å². The van der Waals surface area contributed by atoms with Gasteiger partial charge in [-0.2, -0.15) is 0 Å². The van der Waals surface area contributed by atoms with Gasteiger partial charge in [-0.3, -0.25) is 4.79 Å². The molecule has 1 amide bonds. The van der Waals surface area contributed by atoms with Crippen LogP contribution < -0.4 is 9.64 Å². The average Bonchev–Trinajstić information content (AvgIpc) is 2.63. The fourth-order valence-electron chi connectivity index (χ4n) is 3.06. The maximum Gasteiger partial charge on any atom is 0.254 e. The first kappa shape index (κ1) is 17.5. The van der Waals surface area contributed by atoms with E-state index in [0.29, 0.717) is 36.8 Å². The van der Waals surface area contributed by atoms with E-state index in [1.807, 2.05) is 25.1 Å². The molecule has 2 aromatic rings. The van der Waals surface area contributed by atoms with Gasteiger partial charge in [-0.25, -0.2) is 4.39 Å². The van der Waals surface area contributed by atoms with Crippen LogP contribution in [0.15, 0.2) is 36.4 Å². The Morgan fingerprint density at radius 2 is 1.84 bits per heavy atom. The number of carbonyl (C=O) groups is 1. The first-order valence-electron chi connectivity index (χ1n) is 8.13. The van der Waals surface area contributed by atoms with E-state index in [-0.39, 0.29) is 11.7 Å². The minimum Gasteiger partial charge on any atom is -0.494 e. The average molecular weight is 363 g/mol. The van der Waals surface area contributed by atoms with E-state index in [2.05, 4.69) is 4.90 Å². The van der Waals surface area contributed by atoms with Crippen molar-refractivity contribution in [2.75, 3.05) is 38.2 Å². The van der Waals surface area contributed by atoms with Crippen molar-refractivity contribution in [2.45, 2.75) is 6.92 Å². The van der Waals surface area contributed by atoms with Gasteiger partial charge in [0.25, 0.3) is 5.91 Å². The van der Waals surface area contributed by atoms with Crippen molar-refractivity contribution < 1.29 is 13.9 Å². The molecular formula is C19H20ClFN2O2. The SMILES string of the molecule is COc1ccc(C(=O)N2CCN(c3cc(Cl)ccc3C)CC2)cc1F. The van der Waals surface area contributed by atoms with Crippen LogP contribution in [0.1, 0.15) is 15.9 Å². The summed E-state index contributed by atoms with van der Waals surface area (Å²) < 4.78 is 18.7. The molecule has 1 aliphatic heterocycles.